The van der Waals surface area contributed by atoms with E-state index in [9.17, 15) is 0 Å². The third-order valence-electron chi connectivity index (χ3n) is 0.882. The van der Waals surface area contributed by atoms with Gasteiger partial charge in [-0.25, -0.2) is 0 Å². The molecule has 0 heterocycles. The molecule has 0 nitrogen and oxygen atoms in total. The first-order valence-corrected chi connectivity index (χ1v) is 4.68. The fourth-order valence-corrected chi connectivity index (χ4v) is 1.76. The first-order chi connectivity index (χ1) is 4.20. The van der Waals surface area contributed by atoms with Crippen LogP contribution in [0.25, 0.3) is 0 Å². The van der Waals surface area contributed by atoms with E-state index in [0.717, 1.165) is 13.4 Å². The first-order valence-electron chi connectivity index (χ1n) is 2.30. The standard InChI is InChI=1S/C6H3Br3.Na/c7-4-1-2-5(8)6(9)3-4;/h1-3H;. The number of benzene rings is 1. The molecule has 0 unspecified atom stereocenters. The van der Waals surface area contributed by atoms with Crippen molar-refractivity contribution < 1.29 is 0 Å². The molecule has 0 spiro atoms. The minimum atomic E-state index is 0. The Morgan fingerprint density at radius 2 is 1.50 bits per heavy atom. The molecule has 0 amide bonds. The maximum atomic E-state index is 3.37. The van der Waals surface area contributed by atoms with Crippen LogP contribution >= 0.6 is 47.8 Å². The molecule has 0 fully saturated rings. The van der Waals surface area contributed by atoms with Gasteiger partial charge >= 0.3 is 0 Å². The van der Waals surface area contributed by atoms with Crippen molar-refractivity contribution in [3.05, 3.63) is 31.6 Å². The van der Waals surface area contributed by atoms with Gasteiger partial charge in [-0.15, -0.1) is 0 Å². The van der Waals surface area contributed by atoms with E-state index in [1.54, 1.807) is 0 Å². The molecule has 10 heavy (non-hydrogen) atoms. The Bertz CT molecular complexity index is 224. The second kappa shape index (κ2) is 5.33. The van der Waals surface area contributed by atoms with E-state index in [1.165, 1.54) is 0 Å². The SMILES string of the molecule is Brc1ccc(Br)c(Br)c1.[Na]. The molecular formula is C6H3Br3Na. The molecule has 0 bridgehead atoms. The first kappa shape index (κ1) is 11.7. The van der Waals surface area contributed by atoms with E-state index < -0.39 is 0 Å². The van der Waals surface area contributed by atoms with E-state index in [1.807, 2.05) is 18.2 Å². The van der Waals surface area contributed by atoms with Gasteiger partial charge in [-0.05, 0) is 50.1 Å². The molecule has 1 aromatic carbocycles. The van der Waals surface area contributed by atoms with E-state index in [4.69, 9.17) is 0 Å². The zero-order valence-electron chi connectivity index (χ0n) is 5.37. The van der Waals surface area contributed by atoms with Crippen LogP contribution in [0, 0.1) is 0 Å². The van der Waals surface area contributed by atoms with Gasteiger partial charge in [0.2, 0.25) is 0 Å². The molecule has 0 aromatic heterocycles. The van der Waals surface area contributed by atoms with Crippen LogP contribution in [0.1, 0.15) is 0 Å². The van der Waals surface area contributed by atoms with Gasteiger partial charge in [-0.3, -0.25) is 0 Å². The summed E-state index contributed by atoms with van der Waals surface area (Å²) in [6.45, 7) is 0. The van der Waals surface area contributed by atoms with Crippen molar-refractivity contribution in [1.29, 1.82) is 0 Å². The maximum Gasteiger partial charge on any atom is 0.0328 e. The fourth-order valence-electron chi connectivity index (χ4n) is 0.470. The van der Waals surface area contributed by atoms with Gasteiger partial charge in [0.25, 0.3) is 0 Å². The van der Waals surface area contributed by atoms with Crippen LogP contribution in [-0.2, 0) is 0 Å². The molecule has 0 N–H and O–H groups in total. The third kappa shape index (κ3) is 3.37. The Labute approximate surface area is 107 Å². The smallest absolute Gasteiger partial charge is 0.0328 e. The quantitative estimate of drug-likeness (QED) is 0.501. The average molecular weight is 338 g/mol. The molecule has 1 radical (unpaired) electrons. The van der Waals surface area contributed by atoms with Crippen LogP contribution < -0.4 is 0 Å². The van der Waals surface area contributed by atoms with Crippen molar-refractivity contribution in [1.82, 2.24) is 0 Å². The third-order valence-corrected chi connectivity index (χ3v) is 3.25. The van der Waals surface area contributed by atoms with Crippen molar-refractivity contribution in [3.63, 3.8) is 0 Å². The minimum Gasteiger partial charge on any atom is -0.0508 e. The summed E-state index contributed by atoms with van der Waals surface area (Å²) < 4.78 is 3.22. The van der Waals surface area contributed by atoms with Crippen LogP contribution in [0.5, 0.6) is 0 Å². The van der Waals surface area contributed by atoms with Crippen molar-refractivity contribution >= 4 is 77.3 Å². The van der Waals surface area contributed by atoms with Crippen LogP contribution in [0.2, 0.25) is 0 Å². The Morgan fingerprint density at radius 1 is 0.900 bits per heavy atom. The predicted octanol–water partition coefficient (Wildman–Crippen LogP) is 3.59. The number of hydrogen-bond donors (Lipinski definition) is 0. The summed E-state index contributed by atoms with van der Waals surface area (Å²) in [6.07, 6.45) is 0. The van der Waals surface area contributed by atoms with E-state index in [-0.39, 0.29) is 29.6 Å². The minimum absolute atomic E-state index is 0. The van der Waals surface area contributed by atoms with Gasteiger partial charge in [-0.1, -0.05) is 15.9 Å². The van der Waals surface area contributed by atoms with Gasteiger partial charge in [0, 0.05) is 43.0 Å². The van der Waals surface area contributed by atoms with Crippen molar-refractivity contribution in [3.8, 4) is 0 Å². The molecule has 0 aliphatic carbocycles. The molecular weight excluding hydrogens is 335 g/mol. The monoisotopic (exact) mass is 335 g/mol. The summed E-state index contributed by atoms with van der Waals surface area (Å²) in [4.78, 5) is 0. The number of halogens is 3. The number of rotatable bonds is 0. The molecule has 49 valence electrons. The van der Waals surface area contributed by atoms with Gasteiger partial charge < -0.3 is 0 Å². The fraction of sp³-hybridized carbons (Fsp3) is 0. The summed E-state index contributed by atoms with van der Waals surface area (Å²) in [6, 6.07) is 5.95. The van der Waals surface area contributed by atoms with Gasteiger partial charge in [0.05, 0.1) is 0 Å². The van der Waals surface area contributed by atoms with E-state index in [2.05, 4.69) is 47.8 Å². The Kier molecular flexibility index (Phi) is 6.22. The van der Waals surface area contributed by atoms with Crippen molar-refractivity contribution in [2.45, 2.75) is 0 Å². The number of hydrogen-bond acceptors (Lipinski definition) is 0. The van der Waals surface area contributed by atoms with Gasteiger partial charge in [0.1, 0.15) is 0 Å². The second-order valence-corrected chi connectivity index (χ2v) is 4.18. The molecule has 1 aromatic rings. The van der Waals surface area contributed by atoms with Crippen LogP contribution in [0.15, 0.2) is 31.6 Å². The second-order valence-electron chi connectivity index (χ2n) is 1.56. The van der Waals surface area contributed by atoms with Crippen LogP contribution in [0.4, 0.5) is 0 Å². The average Bonchev–Trinajstić information content (AvgIpc) is 1.80. The maximum absolute atomic E-state index is 3.37. The van der Waals surface area contributed by atoms with Crippen molar-refractivity contribution in [2.24, 2.45) is 0 Å². The van der Waals surface area contributed by atoms with Crippen molar-refractivity contribution in [2.75, 3.05) is 0 Å². The molecule has 0 aliphatic heterocycles. The van der Waals surface area contributed by atoms with Crippen LogP contribution in [0.3, 0.4) is 0 Å². The Balaban J connectivity index is 0.000000810. The zero-order chi connectivity index (χ0) is 6.85. The molecule has 0 saturated heterocycles. The van der Waals surface area contributed by atoms with Crippen LogP contribution in [-0.4, -0.2) is 29.6 Å². The topological polar surface area (TPSA) is 0 Å². The molecule has 0 aliphatic rings. The Morgan fingerprint density at radius 3 is 1.90 bits per heavy atom. The molecule has 1 rings (SSSR count). The predicted molar refractivity (Wildman–Crippen MR) is 55.3 cm³/mol. The summed E-state index contributed by atoms with van der Waals surface area (Å²) in [7, 11) is 0. The van der Waals surface area contributed by atoms with E-state index in [0.29, 0.717) is 0 Å². The van der Waals surface area contributed by atoms with Gasteiger partial charge in [0.15, 0.2) is 0 Å². The van der Waals surface area contributed by atoms with Gasteiger partial charge in [-0.2, -0.15) is 0 Å². The summed E-state index contributed by atoms with van der Waals surface area (Å²) in [5.41, 5.74) is 0. The summed E-state index contributed by atoms with van der Waals surface area (Å²) >= 11 is 10.1. The molecule has 0 atom stereocenters. The summed E-state index contributed by atoms with van der Waals surface area (Å²) in [5, 5.41) is 0. The van der Waals surface area contributed by atoms with E-state index >= 15 is 0 Å². The Hall–Kier alpha value is 1.66. The summed E-state index contributed by atoms with van der Waals surface area (Å²) in [5.74, 6) is 0. The largest absolute Gasteiger partial charge is 0.0508 e. The molecule has 0 saturated carbocycles. The molecule has 4 heteroatoms. The normalized spacial score (nSPS) is 8.70. The zero-order valence-corrected chi connectivity index (χ0v) is 12.1.